The first-order chi connectivity index (χ1) is 7.52. The van der Waals surface area contributed by atoms with Crippen LogP contribution in [0.4, 0.5) is 5.82 Å². The second-order valence-corrected chi connectivity index (χ2v) is 4.49. The van der Waals surface area contributed by atoms with E-state index in [2.05, 4.69) is 36.1 Å². The molecule has 0 aliphatic rings. The summed E-state index contributed by atoms with van der Waals surface area (Å²) in [7, 11) is 1.61. The summed E-state index contributed by atoms with van der Waals surface area (Å²) >= 11 is 5.90. The van der Waals surface area contributed by atoms with Gasteiger partial charge in [0.25, 0.3) is 0 Å². The molecule has 90 valence electrons. The third-order valence-electron chi connectivity index (χ3n) is 2.39. The molecule has 1 N–H and O–H groups in total. The number of rotatable bonds is 5. The molecule has 1 aromatic heterocycles. The van der Waals surface area contributed by atoms with Crippen molar-refractivity contribution >= 4 is 17.4 Å². The van der Waals surface area contributed by atoms with Crippen molar-refractivity contribution in [1.29, 1.82) is 0 Å². The van der Waals surface area contributed by atoms with E-state index in [-0.39, 0.29) is 0 Å². The van der Waals surface area contributed by atoms with Crippen molar-refractivity contribution in [3.8, 4) is 0 Å². The number of nitrogens with one attached hydrogen (secondary N) is 1. The highest BCUT2D eigenvalue weighted by atomic mass is 35.5. The van der Waals surface area contributed by atoms with Crippen LogP contribution in [0.25, 0.3) is 0 Å². The minimum absolute atomic E-state index is 0.335. The fraction of sp³-hybridized carbons (Fsp3) is 0.636. The molecule has 4 nitrogen and oxygen atoms in total. The Balaban J connectivity index is 2.79. The number of anilines is 1. The van der Waals surface area contributed by atoms with Gasteiger partial charge in [0.15, 0.2) is 5.82 Å². The van der Waals surface area contributed by atoms with Gasteiger partial charge in [0, 0.05) is 19.2 Å². The van der Waals surface area contributed by atoms with Crippen molar-refractivity contribution in [2.75, 3.05) is 12.4 Å². The largest absolute Gasteiger partial charge is 0.377 e. The minimum atomic E-state index is 0.335. The summed E-state index contributed by atoms with van der Waals surface area (Å²) in [5.74, 6) is 1.86. The topological polar surface area (TPSA) is 47.0 Å². The van der Waals surface area contributed by atoms with E-state index in [4.69, 9.17) is 16.3 Å². The van der Waals surface area contributed by atoms with E-state index in [9.17, 15) is 0 Å². The highest BCUT2D eigenvalue weighted by Crippen LogP contribution is 2.15. The SMILES string of the molecule is COCc1nc(Cl)cc(NC(C)C(C)C)n1. The Morgan fingerprint density at radius 2 is 2.06 bits per heavy atom. The van der Waals surface area contributed by atoms with E-state index in [0.29, 0.717) is 29.5 Å². The summed E-state index contributed by atoms with van der Waals surface area (Å²) in [4.78, 5) is 8.38. The van der Waals surface area contributed by atoms with Crippen molar-refractivity contribution in [3.05, 3.63) is 17.0 Å². The third kappa shape index (κ3) is 3.94. The normalized spacial score (nSPS) is 12.9. The Labute approximate surface area is 101 Å². The number of nitrogens with zero attached hydrogens (tertiary/aromatic N) is 2. The first kappa shape index (κ1) is 13.2. The molecule has 1 aromatic rings. The quantitative estimate of drug-likeness (QED) is 0.808. The molecule has 16 heavy (non-hydrogen) atoms. The Morgan fingerprint density at radius 1 is 1.38 bits per heavy atom. The van der Waals surface area contributed by atoms with Crippen LogP contribution in [0.1, 0.15) is 26.6 Å². The van der Waals surface area contributed by atoms with E-state index < -0.39 is 0 Å². The monoisotopic (exact) mass is 243 g/mol. The molecule has 5 heteroatoms. The summed E-state index contributed by atoms with van der Waals surface area (Å²) < 4.78 is 4.98. The van der Waals surface area contributed by atoms with Crippen LogP contribution >= 0.6 is 11.6 Å². The van der Waals surface area contributed by atoms with Gasteiger partial charge in [-0.05, 0) is 12.8 Å². The molecule has 0 bridgehead atoms. The van der Waals surface area contributed by atoms with Crippen molar-refractivity contribution in [2.24, 2.45) is 5.92 Å². The van der Waals surface area contributed by atoms with Gasteiger partial charge < -0.3 is 10.1 Å². The van der Waals surface area contributed by atoms with Gasteiger partial charge in [0.05, 0.1) is 0 Å². The second kappa shape index (κ2) is 6.01. The molecule has 0 fully saturated rings. The van der Waals surface area contributed by atoms with Gasteiger partial charge in [0.1, 0.15) is 17.6 Å². The summed E-state index contributed by atoms with van der Waals surface area (Å²) in [6.07, 6.45) is 0. The maximum absolute atomic E-state index is 5.90. The molecule has 0 amide bonds. The van der Waals surface area contributed by atoms with Gasteiger partial charge >= 0.3 is 0 Å². The van der Waals surface area contributed by atoms with E-state index >= 15 is 0 Å². The summed E-state index contributed by atoms with van der Waals surface area (Å²) in [6, 6.07) is 2.06. The first-order valence-electron chi connectivity index (χ1n) is 5.32. The maximum Gasteiger partial charge on any atom is 0.158 e. The zero-order valence-electron chi connectivity index (χ0n) is 10.1. The molecule has 0 saturated carbocycles. The lowest BCUT2D eigenvalue weighted by molar-refractivity contribution is 0.178. The lowest BCUT2D eigenvalue weighted by Crippen LogP contribution is -2.22. The molecule has 0 aliphatic carbocycles. The standard InChI is InChI=1S/C11H18ClN3O/c1-7(2)8(3)13-10-5-9(12)14-11(15-10)6-16-4/h5,7-8H,6H2,1-4H3,(H,13,14,15). The molecular weight excluding hydrogens is 226 g/mol. The smallest absolute Gasteiger partial charge is 0.158 e. The van der Waals surface area contributed by atoms with E-state index in [1.165, 1.54) is 0 Å². The van der Waals surface area contributed by atoms with Crippen LogP contribution in [0.15, 0.2) is 6.07 Å². The van der Waals surface area contributed by atoms with Crippen molar-refractivity contribution in [3.63, 3.8) is 0 Å². The van der Waals surface area contributed by atoms with Crippen LogP contribution in [0.2, 0.25) is 5.15 Å². The molecular formula is C11H18ClN3O. The molecule has 1 unspecified atom stereocenters. The number of methoxy groups -OCH3 is 1. The highest BCUT2D eigenvalue weighted by molar-refractivity contribution is 6.29. The Morgan fingerprint density at radius 3 is 2.62 bits per heavy atom. The fourth-order valence-corrected chi connectivity index (χ4v) is 1.33. The Hall–Kier alpha value is -0.870. The Bertz CT molecular complexity index is 344. The zero-order chi connectivity index (χ0) is 12.1. The van der Waals surface area contributed by atoms with Crippen molar-refractivity contribution in [2.45, 2.75) is 33.4 Å². The zero-order valence-corrected chi connectivity index (χ0v) is 10.9. The molecule has 0 aromatic carbocycles. The molecule has 1 heterocycles. The molecule has 0 saturated heterocycles. The Kier molecular flexibility index (Phi) is 4.96. The van der Waals surface area contributed by atoms with Gasteiger partial charge in [0.2, 0.25) is 0 Å². The fourth-order valence-electron chi connectivity index (χ4n) is 1.13. The molecule has 1 atom stereocenters. The second-order valence-electron chi connectivity index (χ2n) is 4.10. The lowest BCUT2D eigenvalue weighted by Gasteiger charge is -2.18. The molecule has 0 spiro atoms. The summed E-state index contributed by atoms with van der Waals surface area (Å²) in [5.41, 5.74) is 0. The average molecular weight is 244 g/mol. The predicted octanol–water partition coefficient (Wildman–Crippen LogP) is 2.73. The van der Waals surface area contributed by atoms with E-state index in [0.717, 1.165) is 5.82 Å². The molecule has 1 rings (SSSR count). The number of halogens is 1. The van der Waals surface area contributed by atoms with Crippen LogP contribution in [-0.2, 0) is 11.3 Å². The summed E-state index contributed by atoms with van der Waals surface area (Å²) in [6.45, 7) is 6.77. The summed E-state index contributed by atoms with van der Waals surface area (Å²) in [5, 5.41) is 3.72. The third-order valence-corrected chi connectivity index (χ3v) is 2.58. The number of hydrogen-bond donors (Lipinski definition) is 1. The minimum Gasteiger partial charge on any atom is -0.377 e. The number of hydrogen-bond acceptors (Lipinski definition) is 4. The van der Waals surface area contributed by atoms with Gasteiger partial charge in [-0.2, -0.15) is 0 Å². The van der Waals surface area contributed by atoms with Gasteiger partial charge in [-0.1, -0.05) is 25.4 Å². The predicted molar refractivity (Wildman–Crippen MR) is 65.7 cm³/mol. The van der Waals surface area contributed by atoms with Crippen LogP contribution in [0.5, 0.6) is 0 Å². The molecule has 0 radical (unpaired) electrons. The van der Waals surface area contributed by atoms with Gasteiger partial charge in [-0.15, -0.1) is 0 Å². The van der Waals surface area contributed by atoms with Gasteiger partial charge in [-0.3, -0.25) is 0 Å². The number of aromatic nitrogens is 2. The van der Waals surface area contributed by atoms with Crippen LogP contribution in [0.3, 0.4) is 0 Å². The van der Waals surface area contributed by atoms with Crippen LogP contribution < -0.4 is 5.32 Å². The van der Waals surface area contributed by atoms with Gasteiger partial charge in [-0.25, -0.2) is 9.97 Å². The van der Waals surface area contributed by atoms with Crippen LogP contribution in [0, 0.1) is 5.92 Å². The number of ether oxygens (including phenoxy) is 1. The van der Waals surface area contributed by atoms with E-state index in [1.54, 1.807) is 13.2 Å². The van der Waals surface area contributed by atoms with Crippen LogP contribution in [-0.4, -0.2) is 23.1 Å². The highest BCUT2D eigenvalue weighted by Gasteiger charge is 2.09. The lowest BCUT2D eigenvalue weighted by atomic mass is 10.1. The first-order valence-corrected chi connectivity index (χ1v) is 5.69. The van der Waals surface area contributed by atoms with Crippen molar-refractivity contribution < 1.29 is 4.74 Å². The average Bonchev–Trinajstić information content (AvgIpc) is 2.16. The van der Waals surface area contributed by atoms with E-state index in [1.807, 2.05) is 0 Å². The molecule has 0 aliphatic heterocycles. The van der Waals surface area contributed by atoms with Crippen molar-refractivity contribution in [1.82, 2.24) is 9.97 Å². The maximum atomic E-state index is 5.90.